The van der Waals surface area contributed by atoms with E-state index in [-0.39, 0.29) is 0 Å². The number of likely N-dealkylation sites (tertiary alicyclic amines) is 1. The molecule has 1 unspecified atom stereocenters. The topological polar surface area (TPSA) is 15.3 Å². The summed E-state index contributed by atoms with van der Waals surface area (Å²) >= 11 is 0. The summed E-state index contributed by atoms with van der Waals surface area (Å²) < 4.78 is 0. The van der Waals surface area contributed by atoms with Gasteiger partial charge in [0.15, 0.2) is 0 Å². The Morgan fingerprint density at radius 3 is 2.24 bits per heavy atom. The third-order valence-corrected chi connectivity index (χ3v) is 5.56. The summed E-state index contributed by atoms with van der Waals surface area (Å²) in [6, 6.07) is 9.72. The maximum atomic E-state index is 3.84. The van der Waals surface area contributed by atoms with Crippen LogP contribution in [0.15, 0.2) is 24.3 Å². The average molecular weight is 286 g/mol. The lowest BCUT2D eigenvalue weighted by Crippen LogP contribution is -2.54. The lowest BCUT2D eigenvalue weighted by atomic mass is 9.81. The van der Waals surface area contributed by atoms with Crippen molar-refractivity contribution in [1.29, 1.82) is 0 Å². The van der Waals surface area contributed by atoms with Gasteiger partial charge in [0.1, 0.15) is 0 Å². The Morgan fingerprint density at radius 1 is 1.05 bits per heavy atom. The number of hydrogen-bond acceptors (Lipinski definition) is 2. The Bertz CT molecular complexity index is 439. The van der Waals surface area contributed by atoms with E-state index in [1.807, 2.05) is 0 Å². The van der Waals surface area contributed by atoms with Crippen molar-refractivity contribution in [2.24, 2.45) is 0 Å². The summed E-state index contributed by atoms with van der Waals surface area (Å²) in [5.41, 5.74) is 3.20. The minimum absolute atomic E-state index is 0.363. The van der Waals surface area contributed by atoms with E-state index < -0.39 is 0 Å². The molecule has 0 amide bonds. The minimum Gasteiger partial charge on any atom is -0.309 e. The summed E-state index contributed by atoms with van der Waals surface area (Å²) in [6.07, 6.45) is 8.27. The first-order valence-electron chi connectivity index (χ1n) is 8.81. The van der Waals surface area contributed by atoms with E-state index >= 15 is 0 Å². The number of likely N-dealkylation sites (N-methyl/N-ethyl adjacent to an activating group) is 1. The largest absolute Gasteiger partial charge is 0.309 e. The van der Waals surface area contributed by atoms with Gasteiger partial charge in [-0.2, -0.15) is 0 Å². The molecule has 2 nitrogen and oxygen atoms in total. The Labute approximate surface area is 129 Å². The first-order valence-corrected chi connectivity index (χ1v) is 8.81. The highest BCUT2D eigenvalue weighted by Gasteiger charge is 2.46. The second-order valence-electron chi connectivity index (χ2n) is 6.91. The molecule has 1 heterocycles. The lowest BCUT2D eigenvalue weighted by Gasteiger charge is -2.45. The molecule has 21 heavy (non-hydrogen) atoms. The number of nitrogens with zero attached hydrogens (tertiary/aromatic N) is 1. The van der Waals surface area contributed by atoms with Gasteiger partial charge in [-0.25, -0.2) is 0 Å². The number of hydrogen-bond donors (Lipinski definition) is 1. The Kier molecular flexibility index (Phi) is 4.66. The fourth-order valence-electron chi connectivity index (χ4n) is 4.52. The molecule has 0 radical (unpaired) electrons. The van der Waals surface area contributed by atoms with Gasteiger partial charge in [-0.15, -0.1) is 0 Å². The first kappa shape index (κ1) is 15.1. The average Bonchev–Trinajstić information content (AvgIpc) is 3.18. The van der Waals surface area contributed by atoms with Gasteiger partial charge in [0, 0.05) is 5.54 Å². The van der Waals surface area contributed by atoms with Crippen molar-refractivity contribution in [3.05, 3.63) is 35.4 Å². The minimum atomic E-state index is 0.363. The molecule has 3 rings (SSSR count). The molecule has 1 aliphatic carbocycles. The van der Waals surface area contributed by atoms with Gasteiger partial charge in [-0.3, -0.25) is 4.90 Å². The van der Waals surface area contributed by atoms with Gasteiger partial charge in [-0.05, 0) is 57.8 Å². The summed E-state index contributed by atoms with van der Waals surface area (Å²) in [4.78, 5) is 2.81. The van der Waals surface area contributed by atoms with Gasteiger partial charge in [-0.1, -0.05) is 49.6 Å². The fraction of sp³-hybridized carbons (Fsp3) is 0.684. The molecule has 1 N–H and O–H groups in total. The van der Waals surface area contributed by atoms with Gasteiger partial charge < -0.3 is 5.32 Å². The summed E-state index contributed by atoms with van der Waals surface area (Å²) in [6.45, 7) is 8.07. The van der Waals surface area contributed by atoms with Crippen LogP contribution in [-0.4, -0.2) is 30.1 Å². The Balaban J connectivity index is 1.94. The van der Waals surface area contributed by atoms with Crippen molar-refractivity contribution in [2.75, 3.05) is 19.6 Å². The fourth-order valence-corrected chi connectivity index (χ4v) is 4.52. The van der Waals surface area contributed by atoms with E-state index in [2.05, 4.69) is 48.3 Å². The summed E-state index contributed by atoms with van der Waals surface area (Å²) in [5.74, 6) is 0. The lowest BCUT2D eigenvalue weighted by molar-refractivity contribution is 0.0771. The van der Waals surface area contributed by atoms with Crippen LogP contribution in [0.5, 0.6) is 0 Å². The van der Waals surface area contributed by atoms with Crippen LogP contribution in [0.4, 0.5) is 0 Å². The first-order chi connectivity index (χ1) is 10.3. The number of aryl methyl sites for hydroxylation is 1. The zero-order chi connectivity index (χ0) is 14.7. The van der Waals surface area contributed by atoms with Crippen LogP contribution in [0.1, 0.15) is 62.6 Å². The van der Waals surface area contributed by atoms with E-state index in [0.717, 1.165) is 6.54 Å². The highest BCUT2D eigenvalue weighted by atomic mass is 15.2. The van der Waals surface area contributed by atoms with Crippen LogP contribution in [0.2, 0.25) is 0 Å². The van der Waals surface area contributed by atoms with Crippen LogP contribution in [-0.2, 0) is 0 Å². The van der Waals surface area contributed by atoms with Crippen LogP contribution >= 0.6 is 0 Å². The molecule has 1 atom stereocenters. The van der Waals surface area contributed by atoms with Gasteiger partial charge in [0.05, 0.1) is 6.04 Å². The maximum Gasteiger partial charge on any atom is 0.0507 e. The zero-order valence-corrected chi connectivity index (χ0v) is 13.7. The maximum absolute atomic E-state index is 3.84. The highest BCUT2D eigenvalue weighted by Crippen LogP contribution is 2.45. The summed E-state index contributed by atoms with van der Waals surface area (Å²) in [7, 11) is 0. The number of nitrogens with one attached hydrogen (secondary N) is 1. The van der Waals surface area contributed by atoms with Crippen LogP contribution in [0.3, 0.4) is 0 Å². The van der Waals surface area contributed by atoms with Crippen molar-refractivity contribution in [3.8, 4) is 0 Å². The van der Waals surface area contributed by atoms with Crippen molar-refractivity contribution in [1.82, 2.24) is 10.2 Å². The SMILES string of the molecule is CCNC(c1ccc(C)cc1)C1(N2CCCC2)CCCC1. The summed E-state index contributed by atoms with van der Waals surface area (Å²) in [5, 5.41) is 3.84. The van der Waals surface area contributed by atoms with Gasteiger partial charge in [0.25, 0.3) is 0 Å². The second kappa shape index (κ2) is 6.50. The second-order valence-corrected chi connectivity index (χ2v) is 6.91. The normalized spacial score (nSPS) is 23.5. The molecule has 0 aromatic heterocycles. The Morgan fingerprint density at radius 2 is 1.67 bits per heavy atom. The van der Waals surface area contributed by atoms with E-state index in [1.54, 1.807) is 0 Å². The quantitative estimate of drug-likeness (QED) is 0.878. The predicted molar refractivity (Wildman–Crippen MR) is 89.6 cm³/mol. The van der Waals surface area contributed by atoms with Gasteiger partial charge in [0.2, 0.25) is 0 Å². The zero-order valence-electron chi connectivity index (χ0n) is 13.7. The molecule has 1 aliphatic heterocycles. The van der Waals surface area contributed by atoms with Crippen LogP contribution in [0.25, 0.3) is 0 Å². The van der Waals surface area contributed by atoms with Crippen molar-refractivity contribution < 1.29 is 0 Å². The van der Waals surface area contributed by atoms with E-state index in [4.69, 9.17) is 0 Å². The van der Waals surface area contributed by atoms with Crippen LogP contribution < -0.4 is 5.32 Å². The molecule has 0 spiro atoms. The van der Waals surface area contributed by atoms with E-state index in [9.17, 15) is 0 Å². The predicted octanol–water partition coefficient (Wildman–Crippen LogP) is 4.05. The highest BCUT2D eigenvalue weighted by molar-refractivity contribution is 5.28. The van der Waals surface area contributed by atoms with Crippen molar-refractivity contribution in [2.45, 2.75) is 64.0 Å². The molecule has 1 aromatic rings. The molecule has 0 bridgehead atoms. The van der Waals surface area contributed by atoms with Gasteiger partial charge >= 0.3 is 0 Å². The molecule has 116 valence electrons. The number of benzene rings is 1. The standard InChI is InChI=1S/C19H30N2/c1-3-20-18(17-10-8-16(2)9-11-17)19(12-4-5-13-19)21-14-6-7-15-21/h8-11,18,20H,3-7,12-15H2,1-2H3. The third-order valence-electron chi connectivity index (χ3n) is 5.56. The number of rotatable bonds is 5. The Hall–Kier alpha value is -0.860. The molecule has 1 saturated carbocycles. The molecule has 1 saturated heterocycles. The molecular weight excluding hydrogens is 256 g/mol. The molecule has 1 aromatic carbocycles. The van der Waals surface area contributed by atoms with Crippen molar-refractivity contribution >= 4 is 0 Å². The van der Waals surface area contributed by atoms with Crippen molar-refractivity contribution in [3.63, 3.8) is 0 Å². The molecular formula is C19H30N2. The van der Waals surface area contributed by atoms with Crippen LogP contribution in [0, 0.1) is 6.92 Å². The monoisotopic (exact) mass is 286 g/mol. The molecule has 2 aliphatic rings. The third kappa shape index (κ3) is 2.89. The van der Waals surface area contributed by atoms with E-state index in [0.29, 0.717) is 11.6 Å². The van der Waals surface area contributed by atoms with E-state index in [1.165, 1.54) is 62.7 Å². The molecule has 2 fully saturated rings. The smallest absolute Gasteiger partial charge is 0.0507 e. The molecule has 2 heteroatoms.